The van der Waals surface area contributed by atoms with E-state index in [2.05, 4.69) is 4.98 Å². The summed E-state index contributed by atoms with van der Waals surface area (Å²) in [5, 5.41) is 0.236. The van der Waals surface area contributed by atoms with E-state index in [-0.39, 0.29) is 11.0 Å². The van der Waals surface area contributed by atoms with Crippen molar-refractivity contribution in [2.24, 2.45) is 0 Å². The van der Waals surface area contributed by atoms with Gasteiger partial charge < -0.3 is 4.42 Å². The molecule has 1 aromatic heterocycles. The van der Waals surface area contributed by atoms with E-state index in [0.717, 1.165) is 16.7 Å². The predicted octanol–water partition coefficient (Wildman–Crippen LogP) is 4.25. The summed E-state index contributed by atoms with van der Waals surface area (Å²) >= 11 is 1.35. The van der Waals surface area contributed by atoms with Crippen LogP contribution in [0.2, 0.25) is 0 Å². The van der Waals surface area contributed by atoms with Gasteiger partial charge in [-0.1, -0.05) is 54.2 Å². The molecule has 3 nitrogen and oxygen atoms in total. The summed E-state index contributed by atoms with van der Waals surface area (Å²) in [5.74, 6) is 0.0865. The quantitative estimate of drug-likeness (QED) is 0.671. The summed E-state index contributed by atoms with van der Waals surface area (Å²) in [4.78, 5) is 16.3. The average molecular weight is 283 g/mol. The fourth-order valence-electron chi connectivity index (χ4n) is 2.02. The lowest BCUT2D eigenvalue weighted by Crippen LogP contribution is -2.04. The van der Waals surface area contributed by atoms with Crippen molar-refractivity contribution in [3.63, 3.8) is 0 Å². The summed E-state index contributed by atoms with van der Waals surface area (Å²) in [7, 11) is 0. The molecule has 1 heterocycles. The van der Waals surface area contributed by atoms with E-state index in [1.54, 1.807) is 6.92 Å². The summed E-state index contributed by atoms with van der Waals surface area (Å²) in [6, 6.07) is 17.3. The number of rotatable bonds is 4. The highest BCUT2D eigenvalue weighted by Crippen LogP contribution is 2.36. The first-order chi connectivity index (χ1) is 9.74. The first kappa shape index (κ1) is 12.9. The minimum absolute atomic E-state index is 0.0865. The van der Waals surface area contributed by atoms with Crippen LogP contribution >= 0.6 is 11.8 Å². The number of hydrogen-bond acceptors (Lipinski definition) is 4. The summed E-state index contributed by atoms with van der Waals surface area (Å²) in [6.45, 7) is 1.59. The molecule has 0 N–H and O–H groups in total. The predicted molar refractivity (Wildman–Crippen MR) is 79.7 cm³/mol. The molecule has 0 amide bonds. The molecular weight excluding hydrogens is 270 g/mol. The summed E-state index contributed by atoms with van der Waals surface area (Å²) in [5.41, 5.74) is 2.52. The maximum absolute atomic E-state index is 11.9. The second-order valence-corrected chi connectivity index (χ2v) is 5.52. The Morgan fingerprint density at radius 1 is 1.10 bits per heavy atom. The highest BCUT2D eigenvalue weighted by atomic mass is 32.2. The molecule has 0 radical (unpaired) electrons. The fourth-order valence-corrected chi connectivity index (χ4v) is 2.97. The Labute approximate surface area is 121 Å². The van der Waals surface area contributed by atoms with Crippen LogP contribution in [0.25, 0.3) is 11.1 Å². The van der Waals surface area contributed by atoms with E-state index in [9.17, 15) is 4.79 Å². The first-order valence-corrected chi connectivity index (χ1v) is 7.19. The Hall–Kier alpha value is -2.07. The number of fused-ring (bicyclic) bond motifs is 1. The van der Waals surface area contributed by atoms with Gasteiger partial charge in [-0.15, -0.1) is 0 Å². The minimum atomic E-state index is -0.288. The Morgan fingerprint density at radius 2 is 1.80 bits per heavy atom. The molecule has 1 atom stereocenters. The topological polar surface area (TPSA) is 43.1 Å². The standard InChI is InChI=1S/C16H13NO2S/c1-11(18)15(12-7-3-2-4-8-12)20-16-17-13-9-5-6-10-14(13)19-16/h2-10,15H,1H3. The second kappa shape index (κ2) is 5.51. The van der Waals surface area contributed by atoms with Crippen LogP contribution in [-0.4, -0.2) is 10.8 Å². The number of ketones is 1. The van der Waals surface area contributed by atoms with Crippen LogP contribution in [0, 0.1) is 0 Å². The van der Waals surface area contributed by atoms with Gasteiger partial charge in [-0.05, 0) is 24.6 Å². The Balaban J connectivity index is 1.92. The van der Waals surface area contributed by atoms with Crippen molar-refractivity contribution in [1.82, 2.24) is 4.98 Å². The number of Topliss-reactive ketones (excluding diaryl/α,β-unsaturated/α-hetero) is 1. The highest BCUT2D eigenvalue weighted by molar-refractivity contribution is 8.00. The largest absolute Gasteiger partial charge is 0.431 e. The van der Waals surface area contributed by atoms with Gasteiger partial charge in [0.15, 0.2) is 5.58 Å². The van der Waals surface area contributed by atoms with Gasteiger partial charge in [0.1, 0.15) is 11.3 Å². The molecule has 0 aliphatic heterocycles. The third kappa shape index (κ3) is 2.60. The van der Waals surface area contributed by atoms with Gasteiger partial charge in [0.05, 0.1) is 5.25 Å². The zero-order chi connectivity index (χ0) is 13.9. The number of aromatic nitrogens is 1. The maximum atomic E-state index is 11.9. The highest BCUT2D eigenvalue weighted by Gasteiger charge is 2.21. The van der Waals surface area contributed by atoms with Crippen molar-refractivity contribution in [3.8, 4) is 0 Å². The summed E-state index contributed by atoms with van der Waals surface area (Å²) < 4.78 is 5.67. The SMILES string of the molecule is CC(=O)C(Sc1nc2ccccc2o1)c1ccccc1. The molecule has 0 fully saturated rings. The molecule has 0 aliphatic carbocycles. The molecule has 0 aliphatic rings. The number of thioether (sulfide) groups is 1. The molecule has 2 aromatic carbocycles. The van der Waals surface area contributed by atoms with Crippen molar-refractivity contribution in [2.45, 2.75) is 17.4 Å². The molecule has 4 heteroatoms. The normalized spacial score (nSPS) is 12.4. The zero-order valence-corrected chi connectivity index (χ0v) is 11.8. The smallest absolute Gasteiger partial charge is 0.257 e. The van der Waals surface area contributed by atoms with Crippen molar-refractivity contribution in [3.05, 3.63) is 60.2 Å². The number of hydrogen-bond donors (Lipinski definition) is 0. The number of para-hydroxylation sites is 2. The molecule has 3 rings (SSSR count). The van der Waals surface area contributed by atoms with E-state index in [1.165, 1.54) is 11.8 Å². The molecule has 0 bridgehead atoms. The average Bonchev–Trinajstić information content (AvgIpc) is 2.88. The molecule has 20 heavy (non-hydrogen) atoms. The third-order valence-corrected chi connectivity index (χ3v) is 4.18. The van der Waals surface area contributed by atoms with E-state index >= 15 is 0 Å². The van der Waals surface area contributed by atoms with E-state index in [0.29, 0.717) is 5.22 Å². The van der Waals surface area contributed by atoms with E-state index in [1.807, 2.05) is 54.6 Å². The number of benzene rings is 2. The molecule has 0 saturated carbocycles. The lowest BCUT2D eigenvalue weighted by molar-refractivity contribution is -0.116. The van der Waals surface area contributed by atoms with Crippen LogP contribution < -0.4 is 0 Å². The van der Waals surface area contributed by atoms with Crippen molar-refractivity contribution >= 4 is 28.6 Å². The molecule has 0 spiro atoms. The van der Waals surface area contributed by atoms with Gasteiger partial charge in [0, 0.05) is 0 Å². The van der Waals surface area contributed by atoms with Gasteiger partial charge in [0.25, 0.3) is 5.22 Å². The number of nitrogens with zero attached hydrogens (tertiary/aromatic N) is 1. The zero-order valence-electron chi connectivity index (χ0n) is 10.9. The Bertz CT molecular complexity index is 703. The monoisotopic (exact) mass is 283 g/mol. The fraction of sp³-hybridized carbons (Fsp3) is 0.125. The van der Waals surface area contributed by atoms with E-state index in [4.69, 9.17) is 4.42 Å². The van der Waals surface area contributed by atoms with Gasteiger partial charge >= 0.3 is 0 Å². The van der Waals surface area contributed by atoms with E-state index < -0.39 is 0 Å². The molecule has 1 unspecified atom stereocenters. The molecule has 0 saturated heterocycles. The Kier molecular flexibility index (Phi) is 3.56. The third-order valence-electron chi connectivity index (χ3n) is 2.96. The first-order valence-electron chi connectivity index (χ1n) is 6.31. The van der Waals surface area contributed by atoms with Crippen molar-refractivity contribution in [2.75, 3.05) is 0 Å². The number of carbonyl (C=O) groups is 1. The van der Waals surface area contributed by atoms with Crippen LogP contribution in [-0.2, 0) is 4.79 Å². The lowest BCUT2D eigenvalue weighted by Gasteiger charge is -2.10. The lowest BCUT2D eigenvalue weighted by atomic mass is 10.1. The van der Waals surface area contributed by atoms with Crippen LogP contribution in [0.3, 0.4) is 0 Å². The van der Waals surface area contributed by atoms with Crippen LogP contribution in [0.4, 0.5) is 0 Å². The van der Waals surface area contributed by atoms with Crippen LogP contribution in [0.15, 0.2) is 64.2 Å². The molecular formula is C16H13NO2S. The van der Waals surface area contributed by atoms with Crippen LogP contribution in [0.1, 0.15) is 17.7 Å². The van der Waals surface area contributed by atoms with Crippen molar-refractivity contribution < 1.29 is 9.21 Å². The van der Waals surface area contributed by atoms with Gasteiger partial charge in [0.2, 0.25) is 0 Å². The maximum Gasteiger partial charge on any atom is 0.257 e. The second-order valence-electron chi connectivity index (χ2n) is 4.47. The van der Waals surface area contributed by atoms with Gasteiger partial charge in [-0.3, -0.25) is 4.79 Å². The molecule has 100 valence electrons. The van der Waals surface area contributed by atoms with Gasteiger partial charge in [-0.25, -0.2) is 4.98 Å². The van der Waals surface area contributed by atoms with Gasteiger partial charge in [-0.2, -0.15) is 0 Å². The van der Waals surface area contributed by atoms with Crippen molar-refractivity contribution in [1.29, 1.82) is 0 Å². The number of oxazole rings is 1. The molecule has 3 aromatic rings. The minimum Gasteiger partial charge on any atom is -0.431 e. The van der Waals surface area contributed by atoms with Crippen LogP contribution in [0.5, 0.6) is 0 Å². The summed E-state index contributed by atoms with van der Waals surface area (Å²) in [6.07, 6.45) is 0. The Morgan fingerprint density at radius 3 is 2.50 bits per heavy atom. The number of carbonyl (C=O) groups excluding carboxylic acids is 1.